The van der Waals surface area contributed by atoms with E-state index in [-0.39, 0.29) is 6.03 Å². The third-order valence-electron chi connectivity index (χ3n) is 9.11. The Morgan fingerprint density at radius 2 is 1.68 bits per heavy atom. The predicted octanol–water partition coefficient (Wildman–Crippen LogP) is 7.17. The average molecular weight is 498 g/mol. The summed E-state index contributed by atoms with van der Waals surface area (Å²) in [5.74, 6) is 1.38. The van der Waals surface area contributed by atoms with Crippen molar-refractivity contribution < 1.29 is 9.53 Å². The fourth-order valence-electron chi connectivity index (χ4n) is 6.66. The molecule has 6 rings (SSSR count). The molecule has 2 saturated heterocycles. The Kier molecular flexibility index (Phi) is 6.58. The summed E-state index contributed by atoms with van der Waals surface area (Å²) in [4.78, 5) is 17.7. The molecule has 1 N–H and O–H groups in total. The summed E-state index contributed by atoms with van der Waals surface area (Å²) in [6.07, 6.45) is 8.77. The van der Waals surface area contributed by atoms with Crippen LogP contribution in [0.5, 0.6) is 5.75 Å². The van der Waals surface area contributed by atoms with E-state index in [0.717, 1.165) is 43.9 Å². The number of urea groups is 1. The number of methoxy groups -OCH3 is 1. The van der Waals surface area contributed by atoms with Gasteiger partial charge < -0.3 is 15.0 Å². The molecule has 1 atom stereocenters. The largest absolute Gasteiger partial charge is 0.497 e. The van der Waals surface area contributed by atoms with E-state index >= 15 is 0 Å². The van der Waals surface area contributed by atoms with Gasteiger partial charge in [-0.15, -0.1) is 0 Å². The minimum atomic E-state index is -0.00188. The molecule has 2 heterocycles. The van der Waals surface area contributed by atoms with Gasteiger partial charge in [0.2, 0.25) is 0 Å². The van der Waals surface area contributed by atoms with Crippen LogP contribution in [0.2, 0.25) is 0 Å². The van der Waals surface area contributed by atoms with E-state index in [2.05, 4.69) is 59.6 Å². The summed E-state index contributed by atoms with van der Waals surface area (Å²) in [5.41, 5.74) is 4.08. The van der Waals surface area contributed by atoms with Gasteiger partial charge in [-0.2, -0.15) is 0 Å². The van der Waals surface area contributed by atoms with E-state index in [1.807, 2.05) is 23.1 Å². The summed E-state index contributed by atoms with van der Waals surface area (Å²) >= 11 is 0. The van der Waals surface area contributed by atoms with Gasteiger partial charge in [0.15, 0.2) is 0 Å². The molecule has 3 aliphatic rings. The van der Waals surface area contributed by atoms with Gasteiger partial charge in [0, 0.05) is 36.9 Å². The average Bonchev–Trinajstić information content (AvgIpc) is 3.71. The normalized spacial score (nSPS) is 21.8. The quantitative estimate of drug-likeness (QED) is 0.406. The maximum Gasteiger partial charge on any atom is 0.321 e. The molecule has 2 amide bonds. The lowest BCUT2D eigenvalue weighted by atomic mass is 9.89. The molecule has 0 radical (unpaired) electrons. The van der Waals surface area contributed by atoms with Crippen molar-refractivity contribution in [3.63, 3.8) is 0 Å². The Labute approximate surface area is 220 Å². The molecule has 0 aromatic heterocycles. The number of nitrogens with one attached hydrogen (secondary N) is 1. The molecule has 3 fully saturated rings. The Morgan fingerprint density at radius 1 is 0.946 bits per heavy atom. The highest BCUT2D eigenvalue weighted by molar-refractivity contribution is 5.93. The van der Waals surface area contributed by atoms with Crippen LogP contribution in [-0.2, 0) is 6.54 Å². The first kappa shape index (κ1) is 24.3. The van der Waals surface area contributed by atoms with E-state index in [4.69, 9.17) is 4.74 Å². The van der Waals surface area contributed by atoms with Crippen LogP contribution in [0.25, 0.3) is 10.8 Å². The molecule has 37 heavy (non-hydrogen) atoms. The monoisotopic (exact) mass is 497 g/mol. The minimum absolute atomic E-state index is 0.00188. The van der Waals surface area contributed by atoms with E-state index < -0.39 is 0 Å². The summed E-state index contributed by atoms with van der Waals surface area (Å²) in [5, 5.41) is 5.56. The van der Waals surface area contributed by atoms with Gasteiger partial charge in [-0.05, 0) is 104 Å². The van der Waals surface area contributed by atoms with Crippen LogP contribution in [-0.4, -0.2) is 47.6 Å². The van der Waals surface area contributed by atoms with E-state index in [1.54, 1.807) is 7.11 Å². The van der Waals surface area contributed by atoms with Crippen molar-refractivity contribution in [3.8, 4) is 5.75 Å². The van der Waals surface area contributed by atoms with Crippen LogP contribution in [0, 0.1) is 0 Å². The smallest absolute Gasteiger partial charge is 0.321 e. The second-order valence-electron chi connectivity index (χ2n) is 11.5. The topological polar surface area (TPSA) is 44.8 Å². The van der Waals surface area contributed by atoms with Gasteiger partial charge in [-0.1, -0.05) is 36.8 Å². The third-order valence-corrected chi connectivity index (χ3v) is 9.11. The molecule has 1 unspecified atom stereocenters. The number of anilines is 1. The van der Waals surface area contributed by atoms with Crippen LogP contribution in [0.3, 0.4) is 0 Å². The summed E-state index contributed by atoms with van der Waals surface area (Å²) < 4.78 is 5.28. The van der Waals surface area contributed by atoms with Crippen molar-refractivity contribution in [1.29, 1.82) is 0 Å². The fraction of sp³-hybridized carbons (Fsp3) is 0.469. The van der Waals surface area contributed by atoms with Crippen molar-refractivity contribution in [2.24, 2.45) is 0 Å². The van der Waals surface area contributed by atoms with Crippen molar-refractivity contribution in [2.45, 2.75) is 75.9 Å². The molecule has 3 aromatic rings. The second kappa shape index (κ2) is 10.0. The van der Waals surface area contributed by atoms with Crippen LogP contribution in [0.1, 0.15) is 68.9 Å². The number of ether oxygens (including phenoxy) is 1. The van der Waals surface area contributed by atoms with Gasteiger partial charge in [0.1, 0.15) is 5.75 Å². The number of nitrogens with zero attached hydrogens (tertiary/aromatic N) is 2. The first-order valence-electron chi connectivity index (χ1n) is 14.0. The standard InChI is InChI=1S/C32H39N3O2/c1-23-4-3-15-32(16-17-32)35(23)22-24-5-6-28-21-29(10-7-27(28)20-24)33-31(36)34-18-13-26(14-19-34)25-8-11-30(37-2)12-9-25/h5-12,20-21,23,26H,3-4,13-19,22H2,1-2H3,(H,33,36). The first-order chi connectivity index (χ1) is 18.0. The fourth-order valence-corrected chi connectivity index (χ4v) is 6.66. The highest BCUT2D eigenvalue weighted by Crippen LogP contribution is 2.50. The molecule has 1 saturated carbocycles. The van der Waals surface area contributed by atoms with E-state index in [1.165, 1.54) is 54.0 Å². The first-order valence-corrected chi connectivity index (χ1v) is 14.0. The lowest BCUT2D eigenvalue weighted by Crippen LogP contribution is -2.46. The Balaban J connectivity index is 1.06. The number of amides is 2. The second-order valence-corrected chi connectivity index (χ2v) is 11.5. The highest BCUT2D eigenvalue weighted by atomic mass is 16.5. The van der Waals surface area contributed by atoms with E-state index in [9.17, 15) is 4.79 Å². The number of hydrogen-bond donors (Lipinski definition) is 1. The molecule has 0 bridgehead atoms. The van der Waals surface area contributed by atoms with Crippen LogP contribution >= 0.6 is 0 Å². The van der Waals surface area contributed by atoms with Crippen molar-refractivity contribution in [1.82, 2.24) is 9.80 Å². The molecule has 1 spiro atoms. The number of carbonyl (C=O) groups is 1. The summed E-state index contributed by atoms with van der Waals surface area (Å²) in [6.45, 7) is 4.99. The molecular formula is C32H39N3O2. The number of hydrogen-bond acceptors (Lipinski definition) is 3. The lowest BCUT2D eigenvalue weighted by molar-refractivity contribution is 0.0677. The number of fused-ring (bicyclic) bond motifs is 1. The molecule has 2 aliphatic heterocycles. The third kappa shape index (κ3) is 5.06. The van der Waals surface area contributed by atoms with Gasteiger partial charge in [0.05, 0.1) is 7.11 Å². The zero-order chi connectivity index (χ0) is 25.4. The maximum atomic E-state index is 13.0. The zero-order valence-electron chi connectivity index (χ0n) is 22.2. The van der Waals surface area contributed by atoms with Crippen molar-refractivity contribution >= 4 is 22.5 Å². The maximum absolute atomic E-state index is 13.0. The molecule has 194 valence electrons. The predicted molar refractivity (Wildman–Crippen MR) is 150 cm³/mol. The van der Waals surface area contributed by atoms with Gasteiger partial charge in [-0.25, -0.2) is 4.79 Å². The zero-order valence-corrected chi connectivity index (χ0v) is 22.2. The summed E-state index contributed by atoms with van der Waals surface area (Å²) in [6, 6.07) is 22.1. The molecule has 3 aromatic carbocycles. The number of piperidine rings is 2. The molecular weight excluding hydrogens is 458 g/mol. The number of rotatable bonds is 5. The van der Waals surface area contributed by atoms with Gasteiger partial charge in [0.25, 0.3) is 0 Å². The van der Waals surface area contributed by atoms with Gasteiger partial charge >= 0.3 is 6.03 Å². The Bertz CT molecular complexity index is 1260. The highest BCUT2D eigenvalue weighted by Gasteiger charge is 2.50. The number of likely N-dealkylation sites (tertiary alicyclic amines) is 2. The van der Waals surface area contributed by atoms with Crippen molar-refractivity contribution in [3.05, 3.63) is 71.8 Å². The van der Waals surface area contributed by atoms with Crippen molar-refractivity contribution in [2.75, 3.05) is 25.5 Å². The number of carbonyl (C=O) groups excluding carboxylic acids is 1. The molecule has 5 heteroatoms. The van der Waals surface area contributed by atoms with Crippen LogP contribution in [0.15, 0.2) is 60.7 Å². The van der Waals surface area contributed by atoms with Crippen LogP contribution < -0.4 is 10.1 Å². The Morgan fingerprint density at radius 3 is 2.41 bits per heavy atom. The lowest BCUT2D eigenvalue weighted by Gasteiger charge is -2.41. The molecule has 5 nitrogen and oxygen atoms in total. The number of benzene rings is 3. The SMILES string of the molecule is COc1ccc(C2CCN(C(=O)Nc3ccc4cc(CN5C(C)CCCC56CC6)ccc4c3)CC2)cc1. The summed E-state index contributed by atoms with van der Waals surface area (Å²) in [7, 11) is 1.69. The Hall–Kier alpha value is -3.05. The van der Waals surface area contributed by atoms with Gasteiger partial charge in [-0.3, -0.25) is 4.90 Å². The minimum Gasteiger partial charge on any atom is -0.497 e. The van der Waals surface area contributed by atoms with Crippen LogP contribution in [0.4, 0.5) is 10.5 Å². The molecule has 1 aliphatic carbocycles. The van der Waals surface area contributed by atoms with E-state index in [0.29, 0.717) is 17.5 Å².